The summed E-state index contributed by atoms with van der Waals surface area (Å²) in [6.45, 7) is 12.1. The molecule has 9 nitrogen and oxygen atoms in total. The zero-order valence-electron chi connectivity index (χ0n) is 25.0. The van der Waals surface area contributed by atoms with E-state index >= 15 is 0 Å². The van der Waals surface area contributed by atoms with Gasteiger partial charge in [-0.3, -0.25) is 4.79 Å². The third-order valence-corrected chi connectivity index (χ3v) is 7.14. The second-order valence-corrected chi connectivity index (χ2v) is 11.9. The third-order valence-electron chi connectivity index (χ3n) is 7.14. The first-order valence-electron chi connectivity index (χ1n) is 14.4. The molecule has 1 saturated carbocycles. The van der Waals surface area contributed by atoms with Crippen molar-refractivity contribution in [1.82, 2.24) is 15.1 Å². The fourth-order valence-corrected chi connectivity index (χ4v) is 5.10. The Balaban J connectivity index is 1.77. The van der Waals surface area contributed by atoms with Gasteiger partial charge in [-0.15, -0.1) is 0 Å². The van der Waals surface area contributed by atoms with Gasteiger partial charge < -0.3 is 34.1 Å². The van der Waals surface area contributed by atoms with Crippen molar-refractivity contribution in [3.8, 4) is 11.5 Å². The lowest BCUT2D eigenvalue weighted by atomic mass is 9.94. The monoisotopic (exact) mass is 547 g/mol. The van der Waals surface area contributed by atoms with Crippen molar-refractivity contribution >= 4 is 12.0 Å². The molecule has 0 aromatic heterocycles. The first-order chi connectivity index (χ1) is 18.5. The quantitative estimate of drug-likeness (QED) is 0.353. The average Bonchev–Trinajstić information content (AvgIpc) is 3.70. The highest BCUT2D eigenvalue weighted by Crippen LogP contribution is 2.31. The minimum Gasteiger partial charge on any atom is -0.493 e. The highest BCUT2D eigenvalue weighted by atomic mass is 16.6. The van der Waals surface area contributed by atoms with Crippen LogP contribution in [0.15, 0.2) is 18.2 Å². The SMILES string of the molecule is COCCCOc1cc(C(=O)N(C(C)C)C2CC[C@@H](CCNC3CC3)N(C(=O)OC(C)(C)C)C2)ccc1OC. The summed E-state index contributed by atoms with van der Waals surface area (Å²) in [5.74, 6) is 1.03. The van der Waals surface area contributed by atoms with Gasteiger partial charge in [-0.05, 0) is 91.5 Å². The number of benzene rings is 1. The molecule has 2 atom stereocenters. The first kappa shape index (κ1) is 31.0. The molecule has 1 aromatic carbocycles. The maximum Gasteiger partial charge on any atom is 0.410 e. The van der Waals surface area contributed by atoms with Crippen molar-refractivity contribution in [3.63, 3.8) is 0 Å². The molecule has 0 bridgehead atoms. The van der Waals surface area contributed by atoms with E-state index in [1.807, 2.05) is 44.4 Å². The number of piperidine rings is 1. The van der Waals surface area contributed by atoms with Crippen molar-refractivity contribution < 1.29 is 28.5 Å². The molecule has 1 N–H and O–H groups in total. The maximum absolute atomic E-state index is 13.9. The molecule has 0 spiro atoms. The molecule has 3 rings (SSSR count). The molecular weight excluding hydrogens is 498 g/mol. The van der Waals surface area contributed by atoms with Gasteiger partial charge in [-0.1, -0.05) is 0 Å². The van der Waals surface area contributed by atoms with Crippen LogP contribution in [0, 0.1) is 0 Å². The van der Waals surface area contributed by atoms with Crippen LogP contribution in [-0.4, -0.2) is 92.1 Å². The largest absolute Gasteiger partial charge is 0.493 e. The summed E-state index contributed by atoms with van der Waals surface area (Å²) in [4.78, 5) is 31.0. The Bertz CT molecular complexity index is 943. The molecule has 9 heteroatoms. The summed E-state index contributed by atoms with van der Waals surface area (Å²) < 4.78 is 22.3. The smallest absolute Gasteiger partial charge is 0.410 e. The number of hydrogen-bond donors (Lipinski definition) is 1. The molecule has 1 unspecified atom stereocenters. The Hall–Kier alpha value is -2.52. The fraction of sp³-hybridized carbons (Fsp3) is 0.733. The summed E-state index contributed by atoms with van der Waals surface area (Å²) in [5.41, 5.74) is -0.0530. The Morgan fingerprint density at radius 3 is 2.44 bits per heavy atom. The van der Waals surface area contributed by atoms with Crippen molar-refractivity contribution in [1.29, 1.82) is 0 Å². The molecule has 0 radical (unpaired) electrons. The van der Waals surface area contributed by atoms with Crippen molar-refractivity contribution in [2.24, 2.45) is 0 Å². The molecular formula is C30H49N3O6. The summed E-state index contributed by atoms with van der Waals surface area (Å²) in [6, 6.07) is 5.84. The summed E-state index contributed by atoms with van der Waals surface area (Å²) in [5, 5.41) is 3.57. The first-order valence-corrected chi connectivity index (χ1v) is 14.4. The minimum atomic E-state index is -0.586. The number of amides is 2. The number of nitrogens with zero attached hydrogens (tertiary/aromatic N) is 2. The fourth-order valence-electron chi connectivity index (χ4n) is 5.10. The molecule has 2 amide bonds. The van der Waals surface area contributed by atoms with Crippen LogP contribution < -0.4 is 14.8 Å². The zero-order chi connectivity index (χ0) is 28.6. The molecule has 39 heavy (non-hydrogen) atoms. The number of nitrogens with one attached hydrogen (secondary N) is 1. The van der Waals surface area contributed by atoms with Gasteiger partial charge in [0.25, 0.3) is 5.91 Å². The van der Waals surface area contributed by atoms with Crippen molar-refractivity contribution in [2.75, 3.05) is 40.5 Å². The van der Waals surface area contributed by atoms with E-state index in [1.165, 1.54) is 12.8 Å². The van der Waals surface area contributed by atoms with Gasteiger partial charge in [0.15, 0.2) is 11.5 Å². The van der Waals surface area contributed by atoms with Gasteiger partial charge in [0.2, 0.25) is 0 Å². The van der Waals surface area contributed by atoms with Crippen LogP contribution in [0.5, 0.6) is 11.5 Å². The van der Waals surface area contributed by atoms with Crippen molar-refractivity contribution in [2.45, 2.75) is 103 Å². The summed E-state index contributed by atoms with van der Waals surface area (Å²) in [6.07, 6.45) is 5.42. The molecule has 1 aliphatic carbocycles. The minimum absolute atomic E-state index is 0.0516. The summed E-state index contributed by atoms with van der Waals surface area (Å²) >= 11 is 0. The van der Waals surface area contributed by atoms with E-state index in [9.17, 15) is 9.59 Å². The Morgan fingerprint density at radius 1 is 1.08 bits per heavy atom. The standard InChI is InChI=1S/C30H49N3O6/c1-21(2)33(28(34)22-9-14-26(37-7)27(19-22)38-18-8-17-36-6)25-13-12-24(15-16-31-23-10-11-23)32(20-25)29(35)39-30(3,4)5/h9,14,19,21,23-25,31H,8,10-13,15-18,20H2,1-7H3/t24-,25?/m0/s1. The van der Waals surface area contributed by atoms with Crippen LogP contribution >= 0.6 is 0 Å². The molecule has 220 valence electrons. The second-order valence-electron chi connectivity index (χ2n) is 11.9. The number of carbonyl (C=O) groups excluding carboxylic acids is 2. The van der Waals surface area contributed by atoms with Crippen molar-refractivity contribution in [3.05, 3.63) is 23.8 Å². The molecule has 1 heterocycles. The van der Waals surface area contributed by atoms with E-state index in [0.29, 0.717) is 42.9 Å². The number of ether oxygens (including phenoxy) is 4. The van der Waals surface area contributed by atoms with E-state index in [2.05, 4.69) is 5.32 Å². The van der Waals surface area contributed by atoms with Crippen LogP contribution in [-0.2, 0) is 9.47 Å². The van der Waals surface area contributed by atoms with Crippen LogP contribution in [0.3, 0.4) is 0 Å². The molecule has 2 aliphatic rings. The Labute approximate surface area is 234 Å². The lowest BCUT2D eigenvalue weighted by molar-refractivity contribution is -0.00785. The van der Waals surface area contributed by atoms with Gasteiger partial charge in [0.05, 0.1) is 19.8 Å². The number of carbonyl (C=O) groups is 2. The highest BCUT2D eigenvalue weighted by Gasteiger charge is 2.39. The number of methoxy groups -OCH3 is 2. The predicted octanol–water partition coefficient (Wildman–Crippen LogP) is 4.87. The average molecular weight is 548 g/mol. The van der Waals surface area contributed by atoms with Gasteiger partial charge in [0, 0.05) is 50.4 Å². The topological polar surface area (TPSA) is 89.6 Å². The van der Waals surface area contributed by atoms with Gasteiger partial charge in [-0.2, -0.15) is 0 Å². The number of hydrogen-bond acceptors (Lipinski definition) is 7. The van der Waals surface area contributed by atoms with E-state index in [4.69, 9.17) is 18.9 Å². The molecule has 1 aromatic rings. The van der Waals surface area contributed by atoms with E-state index in [0.717, 1.165) is 32.2 Å². The van der Waals surface area contributed by atoms with E-state index < -0.39 is 5.60 Å². The van der Waals surface area contributed by atoms with Crippen LogP contribution in [0.25, 0.3) is 0 Å². The lowest BCUT2D eigenvalue weighted by Gasteiger charge is -2.45. The maximum atomic E-state index is 13.9. The van der Waals surface area contributed by atoms with Gasteiger partial charge in [-0.25, -0.2) is 4.79 Å². The highest BCUT2D eigenvalue weighted by molar-refractivity contribution is 5.95. The number of likely N-dealkylation sites (tertiary alicyclic amines) is 1. The normalized spacial score (nSPS) is 19.6. The Kier molecular flexibility index (Phi) is 11.3. The van der Waals surface area contributed by atoms with Gasteiger partial charge in [0.1, 0.15) is 5.60 Å². The number of rotatable bonds is 13. The summed E-state index contributed by atoms with van der Waals surface area (Å²) in [7, 11) is 3.24. The molecule has 1 aliphatic heterocycles. The van der Waals surface area contributed by atoms with E-state index in [-0.39, 0.29) is 30.1 Å². The molecule has 1 saturated heterocycles. The third kappa shape index (κ3) is 9.28. The van der Waals surface area contributed by atoms with Crippen LogP contribution in [0.1, 0.15) is 83.5 Å². The Morgan fingerprint density at radius 2 is 1.82 bits per heavy atom. The molecule has 2 fully saturated rings. The van der Waals surface area contributed by atoms with E-state index in [1.54, 1.807) is 32.4 Å². The lowest BCUT2D eigenvalue weighted by Crippen LogP contribution is -2.57. The second kappa shape index (κ2) is 14.2. The van der Waals surface area contributed by atoms with Crippen LogP contribution in [0.4, 0.5) is 4.79 Å². The zero-order valence-corrected chi connectivity index (χ0v) is 25.0. The van der Waals surface area contributed by atoms with Gasteiger partial charge >= 0.3 is 6.09 Å². The predicted molar refractivity (Wildman–Crippen MR) is 152 cm³/mol. The van der Waals surface area contributed by atoms with Crippen LogP contribution in [0.2, 0.25) is 0 Å².